The Balaban J connectivity index is 1.40. The lowest BCUT2D eigenvalue weighted by Gasteiger charge is -2.37. The third-order valence-corrected chi connectivity index (χ3v) is 5.37. The molecule has 1 aromatic carbocycles. The molecule has 2 fully saturated rings. The van der Waals surface area contributed by atoms with Crippen LogP contribution in [0.4, 0.5) is 5.69 Å². The van der Waals surface area contributed by atoms with Crippen molar-refractivity contribution in [1.29, 1.82) is 0 Å². The van der Waals surface area contributed by atoms with Crippen LogP contribution in [-0.2, 0) is 14.3 Å². The fourth-order valence-corrected chi connectivity index (χ4v) is 3.40. The first-order valence-electron chi connectivity index (χ1n) is 10.7. The van der Waals surface area contributed by atoms with E-state index < -0.39 is 0 Å². The average molecular weight is 417 g/mol. The smallest absolute Gasteiger partial charge is 0.338 e. The molecular weight excluding hydrogens is 384 g/mol. The zero-order valence-electron chi connectivity index (χ0n) is 18.0. The number of esters is 1. The van der Waals surface area contributed by atoms with Gasteiger partial charge in [-0.25, -0.2) is 4.79 Å². The number of carbonyl (C=O) groups is 3. The summed E-state index contributed by atoms with van der Waals surface area (Å²) in [4.78, 5) is 40.7. The highest BCUT2D eigenvalue weighted by atomic mass is 16.5. The van der Waals surface area contributed by atoms with Gasteiger partial charge < -0.3 is 15.4 Å². The van der Waals surface area contributed by atoms with Gasteiger partial charge in [0.1, 0.15) is 0 Å². The third kappa shape index (κ3) is 6.53. The van der Waals surface area contributed by atoms with Crippen molar-refractivity contribution in [2.45, 2.75) is 51.8 Å². The lowest BCUT2D eigenvalue weighted by molar-refractivity contribution is -0.127. The van der Waals surface area contributed by atoms with E-state index in [4.69, 9.17) is 4.74 Å². The number of rotatable bonds is 8. The van der Waals surface area contributed by atoms with E-state index in [0.717, 1.165) is 39.0 Å². The number of carbonyl (C=O) groups excluding carboxylic acids is 3. The van der Waals surface area contributed by atoms with Crippen LogP contribution < -0.4 is 10.6 Å². The van der Waals surface area contributed by atoms with Crippen LogP contribution in [-0.4, -0.2) is 78.5 Å². The molecule has 30 heavy (non-hydrogen) atoms. The molecule has 1 unspecified atom stereocenters. The van der Waals surface area contributed by atoms with Crippen molar-refractivity contribution in [1.82, 2.24) is 15.1 Å². The number of benzene rings is 1. The summed E-state index contributed by atoms with van der Waals surface area (Å²) in [6.45, 7) is 8.86. The summed E-state index contributed by atoms with van der Waals surface area (Å²) in [5, 5.41) is 5.92. The molecule has 164 valence electrons. The molecule has 0 bridgehead atoms. The molecule has 8 heteroatoms. The molecule has 1 saturated carbocycles. The minimum absolute atomic E-state index is 0.0968. The van der Waals surface area contributed by atoms with Crippen LogP contribution in [0.1, 0.15) is 44.0 Å². The highest BCUT2D eigenvalue weighted by Gasteiger charge is 2.30. The van der Waals surface area contributed by atoms with Gasteiger partial charge in [0.05, 0.1) is 24.3 Å². The SMILES string of the molecule is CC(C)OC(=O)c1ccc(NC(=O)CN2CCN(C(C)C(=O)NC3CC3)CC2)cc1. The molecule has 2 amide bonds. The first-order valence-corrected chi connectivity index (χ1v) is 10.7. The molecule has 0 spiro atoms. The molecule has 3 rings (SSSR count). The standard InChI is InChI=1S/C22H32N4O4/c1-15(2)30-22(29)17-4-6-18(7-5-17)23-20(27)14-25-10-12-26(13-11-25)16(3)21(28)24-19-8-9-19/h4-7,15-16,19H,8-14H2,1-3H3,(H,23,27)(H,24,28). The number of amides is 2. The zero-order chi connectivity index (χ0) is 21.7. The van der Waals surface area contributed by atoms with Gasteiger partial charge in [0, 0.05) is 37.9 Å². The summed E-state index contributed by atoms with van der Waals surface area (Å²) in [7, 11) is 0. The van der Waals surface area contributed by atoms with E-state index in [1.165, 1.54) is 0 Å². The summed E-state index contributed by atoms with van der Waals surface area (Å²) < 4.78 is 5.16. The van der Waals surface area contributed by atoms with Crippen molar-refractivity contribution in [2.24, 2.45) is 0 Å². The maximum absolute atomic E-state index is 12.4. The third-order valence-electron chi connectivity index (χ3n) is 5.37. The first-order chi connectivity index (χ1) is 14.3. The quantitative estimate of drug-likeness (QED) is 0.624. The number of piperazine rings is 1. The minimum Gasteiger partial charge on any atom is -0.459 e. The van der Waals surface area contributed by atoms with Crippen molar-refractivity contribution in [2.75, 3.05) is 38.0 Å². The molecular formula is C22H32N4O4. The first kappa shape index (κ1) is 22.2. The van der Waals surface area contributed by atoms with Gasteiger partial charge in [-0.3, -0.25) is 19.4 Å². The molecule has 0 radical (unpaired) electrons. The van der Waals surface area contributed by atoms with E-state index in [2.05, 4.69) is 20.4 Å². The summed E-state index contributed by atoms with van der Waals surface area (Å²) in [5.41, 5.74) is 1.10. The van der Waals surface area contributed by atoms with Crippen LogP contribution in [0.25, 0.3) is 0 Å². The predicted octanol–water partition coefficient (Wildman–Crippen LogP) is 1.48. The van der Waals surface area contributed by atoms with Crippen LogP contribution in [0.5, 0.6) is 0 Å². The van der Waals surface area contributed by atoms with Crippen LogP contribution in [0.3, 0.4) is 0 Å². The van der Waals surface area contributed by atoms with Crippen molar-refractivity contribution in [3.63, 3.8) is 0 Å². The molecule has 1 aliphatic heterocycles. The second-order valence-electron chi connectivity index (χ2n) is 8.35. The van der Waals surface area contributed by atoms with Crippen LogP contribution in [0.15, 0.2) is 24.3 Å². The summed E-state index contributed by atoms with van der Waals surface area (Å²) in [6, 6.07) is 6.93. The highest BCUT2D eigenvalue weighted by Crippen LogP contribution is 2.19. The number of hydrogen-bond donors (Lipinski definition) is 2. The van der Waals surface area contributed by atoms with Gasteiger partial charge in [-0.1, -0.05) is 0 Å². The van der Waals surface area contributed by atoms with Gasteiger partial charge in [0.15, 0.2) is 0 Å². The largest absolute Gasteiger partial charge is 0.459 e. The van der Waals surface area contributed by atoms with Crippen molar-refractivity contribution in [3.05, 3.63) is 29.8 Å². The highest BCUT2D eigenvalue weighted by molar-refractivity contribution is 5.94. The van der Waals surface area contributed by atoms with Gasteiger partial charge >= 0.3 is 5.97 Å². The van der Waals surface area contributed by atoms with E-state index in [1.807, 2.05) is 6.92 Å². The lowest BCUT2D eigenvalue weighted by Crippen LogP contribution is -2.55. The second-order valence-corrected chi connectivity index (χ2v) is 8.35. The van der Waals surface area contributed by atoms with Crippen molar-refractivity contribution < 1.29 is 19.1 Å². The van der Waals surface area contributed by atoms with Crippen molar-refractivity contribution >= 4 is 23.5 Å². The molecule has 1 atom stereocenters. The van der Waals surface area contributed by atoms with E-state index in [-0.39, 0.29) is 29.9 Å². The Kier molecular flexibility index (Phi) is 7.44. The van der Waals surface area contributed by atoms with E-state index in [0.29, 0.717) is 23.8 Å². The van der Waals surface area contributed by atoms with Gasteiger partial charge in [0.2, 0.25) is 11.8 Å². The normalized spacial score (nSPS) is 18.7. The van der Waals surface area contributed by atoms with Crippen LogP contribution in [0.2, 0.25) is 0 Å². The Morgan fingerprint density at radius 3 is 2.23 bits per heavy atom. The number of ether oxygens (including phenoxy) is 1. The van der Waals surface area contributed by atoms with Gasteiger partial charge in [-0.15, -0.1) is 0 Å². The molecule has 1 aliphatic carbocycles. The Bertz CT molecular complexity index is 753. The molecule has 1 heterocycles. The average Bonchev–Trinajstić information content (AvgIpc) is 3.52. The van der Waals surface area contributed by atoms with E-state index in [1.54, 1.807) is 38.1 Å². The summed E-state index contributed by atoms with van der Waals surface area (Å²) >= 11 is 0. The molecule has 2 aliphatic rings. The molecule has 8 nitrogen and oxygen atoms in total. The Morgan fingerprint density at radius 1 is 1.03 bits per heavy atom. The number of nitrogens with one attached hydrogen (secondary N) is 2. The van der Waals surface area contributed by atoms with Crippen molar-refractivity contribution in [3.8, 4) is 0 Å². The monoisotopic (exact) mass is 416 g/mol. The Morgan fingerprint density at radius 2 is 1.67 bits per heavy atom. The predicted molar refractivity (Wildman–Crippen MR) is 114 cm³/mol. The van der Waals surface area contributed by atoms with Crippen LogP contribution in [0, 0.1) is 0 Å². The molecule has 2 N–H and O–H groups in total. The number of anilines is 1. The Labute approximate surface area is 177 Å². The second kappa shape index (κ2) is 10.0. The Hall–Kier alpha value is -2.45. The van der Waals surface area contributed by atoms with E-state index in [9.17, 15) is 14.4 Å². The summed E-state index contributed by atoms with van der Waals surface area (Å²) in [6.07, 6.45) is 2.01. The maximum Gasteiger partial charge on any atom is 0.338 e. The topological polar surface area (TPSA) is 91.0 Å². The number of hydrogen-bond acceptors (Lipinski definition) is 6. The maximum atomic E-state index is 12.4. The fraction of sp³-hybridized carbons (Fsp3) is 0.591. The lowest BCUT2D eigenvalue weighted by atomic mass is 10.2. The molecule has 1 saturated heterocycles. The minimum atomic E-state index is -0.374. The van der Waals surface area contributed by atoms with Gasteiger partial charge in [-0.2, -0.15) is 0 Å². The van der Waals surface area contributed by atoms with Crippen LogP contribution >= 0.6 is 0 Å². The van der Waals surface area contributed by atoms with Gasteiger partial charge in [0.25, 0.3) is 0 Å². The van der Waals surface area contributed by atoms with Gasteiger partial charge in [-0.05, 0) is 57.9 Å². The number of nitrogens with zero attached hydrogens (tertiary/aromatic N) is 2. The van der Waals surface area contributed by atoms with E-state index >= 15 is 0 Å². The molecule has 1 aromatic rings. The zero-order valence-corrected chi connectivity index (χ0v) is 18.0. The summed E-state index contributed by atoms with van der Waals surface area (Å²) in [5.74, 6) is -0.370. The fourth-order valence-electron chi connectivity index (χ4n) is 3.40. The molecule has 0 aromatic heterocycles.